The molecule has 0 unspecified atom stereocenters. The molecule has 1 spiro atoms. The molecule has 1 fully saturated rings. The predicted molar refractivity (Wildman–Crippen MR) is 98.5 cm³/mol. The average Bonchev–Trinajstić information content (AvgIpc) is 3.28. The van der Waals surface area contributed by atoms with Gasteiger partial charge >= 0.3 is 0 Å². The van der Waals surface area contributed by atoms with Crippen LogP contribution in [-0.4, -0.2) is 14.4 Å². The SMILES string of the molecule is Cc1cc(C2=C(c3ccc(S(=O)(=O)CF)cc3)CC3(CC3)C2)ccc1F. The molecule has 0 atom stereocenters. The standard InChI is InChI=1S/C21H20F2O2S/c1-14-10-16(4-7-20(14)23)19-12-21(8-9-21)11-18(19)15-2-5-17(6-3-15)26(24,25)13-22/h2-7,10H,8-9,11-13H2,1H3. The third-order valence-corrected chi connectivity index (χ3v) is 6.91. The highest BCUT2D eigenvalue weighted by atomic mass is 32.2. The van der Waals surface area contributed by atoms with Crippen molar-refractivity contribution in [2.24, 2.45) is 5.41 Å². The molecule has 2 nitrogen and oxygen atoms in total. The smallest absolute Gasteiger partial charge is 0.207 e. The van der Waals surface area contributed by atoms with Gasteiger partial charge in [0.15, 0.2) is 6.01 Å². The maximum absolute atomic E-state index is 13.7. The molecule has 26 heavy (non-hydrogen) atoms. The second kappa shape index (κ2) is 6.02. The Hall–Kier alpha value is -2.01. The van der Waals surface area contributed by atoms with E-state index in [9.17, 15) is 17.2 Å². The van der Waals surface area contributed by atoms with Crippen molar-refractivity contribution in [1.82, 2.24) is 0 Å². The highest BCUT2D eigenvalue weighted by molar-refractivity contribution is 7.91. The maximum atomic E-state index is 13.7. The van der Waals surface area contributed by atoms with E-state index in [1.54, 1.807) is 19.1 Å². The van der Waals surface area contributed by atoms with E-state index in [1.807, 2.05) is 12.1 Å². The first-order chi connectivity index (χ1) is 12.3. The molecule has 0 saturated heterocycles. The third-order valence-electron chi connectivity index (χ3n) is 5.64. The Kier molecular flexibility index (Phi) is 4.03. The van der Waals surface area contributed by atoms with Gasteiger partial charge in [-0.15, -0.1) is 0 Å². The molecule has 0 amide bonds. The van der Waals surface area contributed by atoms with Crippen molar-refractivity contribution in [2.45, 2.75) is 37.5 Å². The molecule has 0 radical (unpaired) electrons. The topological polar surface area (TPSA) is 34.1 Å². The summed E-state index contributed by atoms with van der Waals surface area (Å²) in [4.78, 5) is 0.00246. The van der Waals surface area contributed by atoms with E-state index in [0.29, 0.717) is 11.0 Å². The first-order valence-corrected chi connectivity index (χ1v) is 10.4. The van der Waals surface area contributed by atoms with Crippen LogP contribution in [0.2, 0.25) is 0 Å². The zero-order valence-electron chi connectivity index (χ0n) is 14.6. The zero-order chi connectivity index (χ0) is 18.5. The summed E-state index contributed by atoms with van der Waals surface area (Å²) >= 11 is 0. The van der Waals surface area contributed by atoms with Gasteiger partial charge in [0.05, 0.1) is 4.90 Å². The highest BCUT2D eigenvalue weighted by Gasteiger charge is 2.48. The zero-order valence-corrected chi connectivity index (χ0v) is 15.4. The van der Waals surface area contributed by atoms with Crippen LogP contribution in [0.15, 0.2) is 47.4 Å². The van der Waals surface area contributed by atoms with E-state index < -0.39 is 15.8 Å². The van der Waals surface area contributed by atoms with Gasteiger partial charge in [-0.3, -0.25) is 0 Å². The molecular weight excluding hydrogens is 354 g/mol. The van der Waals surface area contributed by atoms with E-state index in [-0.39, 0.29) is 10.7 Å². The largest absolute Gasteiger partial charge is 0.233 e. The maximum Gasteiger partial charge on any atom is 0.207 e. The molecule has 2 aliphatic carbocycles. The molecule has 0 aromatic heterocycles. The first kappa shape index (κ1) is 17.4. The van der Waals surface area contributed by atoms with Crippen LogP contribution >= 0.6 is 0 Å². The molecule has 4 rings (SSSR count). The normalized spacial score (nSPS) is 18.6. The van der Waals surface area contributed by atoms with Crippen molar-refractivity contribution in [3.05, 3.63) is 65.0 Å². The van der Waals surface area contributed by atoms with Crippen molar-refractivity contribution >= 4 is 21.0 Å². The molecule has 5 heteroatoms. The van der Waals surface area contributed by atoms with Crippen LogP contribution in [0.25, 0.3) is 11.1 Å². The van der Waals surface area contributed by atoms with Gasteiger partial charge in [0.1, 0.15) is 5.82 Å². The van der Waals surface area contributed by atoms with E-state index in [4.69, 9.17) is 0 Å². The number of hydrogen-bond acceptors (Lipinski definition) is 2. The van der Waals surface area contributed by atoms with Gasteiger partial charge in [0.25, 0.3) is 0 Å². The van der Waals surface area contributed by atoms with Crippen LogP contribution in [0, 0.1) is 18.2 Å². The van der Waals surface area contributed by atoms with Gasteiger partial charge < -0.3 is 0 Å². The van der Waals surface area contributed by atoms with Gasteiger partial charge in [-0.2, -0.15) is 0 Å². The summed E-state index contributed by atoms with van der Waals surface area (Å²) in [5.74, 6) is -0.212. The minimum absolute atomic E-state index is 0.00246. The minimum atomic E-state index is -3.85. The molecule has 1 saturated carbocycles. The molecule has 0 N–H and O–H groups in total. The molecule has 2 aromatic carbocycles. The fourth-order valence-corrected chi connectivity index (χ4v) is 4.54. The molecular formula is C21H20F2O2S. The van der Waals surface area contributed by atoms with Crippen LogP contribution in [0.4, 0.5) is 8.78 Å². The average molecular weight is 374 g/mol. The summed E-state index contributed by atoms with van der Waals surface area (Å²) in [6.07, 6.45) is 4.30. The predicted octanol–water partition coefficient (Wildman–Crippen LogP) is 5.32. The number of alkyl halides is 1. The third kappa shape index (κ3) is 2.98. The number of benzene rings is 2. The van der Waals surface area contributed by atoms with Crippen molar-refractivity contribution in [2.75, 3.05) is 6.01 Å². The Labute approximate surface area is 152 Å². The fourth-order valence-electron chi connectivity index (χ4n) is 3.87. The number of allylic oxidation sites excluding steroid dienone is 2. The van der Waals surface area contributed by atoms with Crippen molar-refractivity contribution < 1.29 is 17.2 Å². The number of rotatable bonds is 4. The monoisotopic (exact) mass is 374 g/mol. The van der Waals surface area contributed by atoms with Gasteiger partial charge in [0, 0.05) is 0 Å². The van der Waals surface area contributed by atoms with Crippen molar-refractivity contribution in [1.29, 1.82) is 0 Å². The van der Waals surface area contributed by atoms with E-state index in [0.717, 1.165) is 24.0 Å². The molecule has 0 aliphatic heterocycles. The molecule has 0 heterocycles. The Bertz CT molecular complexity index is 1000. The highest BCUT2D eigenvalue weighted by Crippen LogP contribution is 2.63. The quantitative estimate of drug-likeness (QED) is 0.726. The van der Waals surface area contributed by atoms with Gasteiger partial charge in [-0.1, -0.05) is 18.2 Å². The number of sulfone groups is 1. The lowest BCUT2D eigenvalue weighted by Crippen LogP contribution is -2.02. The number of aryl methyl sites for hydroxylation is 1. The summed E-state index contributed by atoms with van der Waals surface area (Å²) in [6.45, 7) is 1.76. The van der Waals surface area contributed by atoms with Gasteiger partial charge in [-0.25, -0.2) is 17.2 Å². The number of halogens is 2. The summed E-state index contributed by atoms with van der Waals surface area (Å²) in [6, 6.07) is 10.3. The first-order valence-electron chi connectivity index (χ1n) is 8.71. The van der Waals surface area contributed by atoms with Gasteiger partial charge in [-0.05, 0) is 90.1 Å². The molecule has 2 aromatic rings. The van der Waals surface area contributed by atoms with Crippen LogP contribution in [0.5, 0.6) is 0 Å². The van der Waals surface area contributed by atoms with E-state index in [2.05, 4.69) is 0 Å². The second-order valence-corrected chi connectivity index (χ2v) is 9.44. The molecule has 0 bridgehead atoms. The second-order valence-electron chi connectivity index (χ2n) is 7.52. The van der Waals surface area contributed by atoms with Crippen LogP contribution in [0.1, 0.15) is 42.4 Å². The summed E-state index contributed by atoms with van der Waals surface area (Å²) < 4.78 is 49.7. The Balaban J connectivity index is 1.77. The Morgan fingerprint density at radius 3 is 2.08 bits per heavy atom. The van der Waals surface area contributed by atoms with Crippen LogP contribution < -0.4 is 0 Å². The Morgan fingerprint density at radius 1 is 0.962 bits per heavy atom. The van der Waals surface area contributed by atoms with E-state index >= 15 is 0 Å². The summed E-state index contributed by atoms with van der Waals surface area (Å²) in [5, 5.41) is 0. The van der Waals surface area contributed by atoms with Gasteiger partial charge in [0.2, 0.25) is 9.84 Å². The summed E-state index contributed by atoms with van der Waals surface area (Å²) in [5.41, 5.74) is 5.34. The molecule has 2 aliphatic rings. The lowest BCUT2D eigenvalue weighted by molar-refractivity contribution is 0.534. The lowest BCUT2D eigenvalue weighted by Gasteiger charge is -2.10. The van der Waals surface area contributed by atoms with Crippen molar-refractivity contribution in [3.63, 3.8) is 0 Å². The lowest BCUT2D eigenvalue weighted by atomic mass is 9.96. The fraction of sp³-hybridized carbons (Fsp3) is 0.333. The molecule has 136 valence electrons. The van der Waals surface area contributed by atoms with Crippen LogP contribution in [-0.2, 0) is 9.84 Å². The Morgan fingerprint density at radius 2 is 1.54 bits per heavy atom. The van der Waals surface area contributed by atoms with Crippen LogP contribution in [0.3, 0.4) is 0 Å². The summed E-state index contributed by atoms with van der Waals surface area (Å²) in [7, 11) is -3.85. The van der Waals surface area contributed by atoms with Crippen molar-refractivity contribution in [3.8, 4) is 0 Å². The van der Waals surface area contributed by atoms with E-state index in [1.165, 1.54) is 42.2 Å². The minimum Gasteiger partial charge on any atom is -0.233 e. The number of hydrogen-bond donors (Lipinski definition) is 0.